The fraction of sp³-hybridized carbons (Fsp3) is 0.571. The van der Waals surface area contributed by atoms with Gasteiger partial charge in [-0.2, -0.15) is 0 Å². The molecule has 3 nitrogen and oxygen atoms in total. The van der Waals surface area contributed by atoms with Gasteiger partial charge in [0, 0.05) is 13.7 Å². The zero-order valence-electron chi connectivity index (χ0n) is 11.2. The molecule has 1 atom stereocenters. The summed E-state index contributed by atoms with van der Waals surface area (Å²) in [6, 6.07) is 6.18. The molecule has 1 aromatic carbocycles. The molecular formula is C14H23NO2. The van der Waals surface area contributed by atoms with Crippen LogP contribution in [0.5, 0.6) is 5.75 Å². The second-order valence-electron chi connectivity index (χ2n) is 4.60. The Morgan fingerprint density at radius 3 is 2.47 bits per heavy atom. The highest BCUT2D eigenvalue weighted by Crippen LogP contribution is 2.24. The van der Waals surface area contributed by atoms with Crippen LogP contribution in [0.1, 0.15) is 30.9 Å². The number of hydrogen-bond acceptors (Lipinski definition) is 3. The van der Waals surface area contributed by atoms with Gasteiger partial charge >= 0.3 is 0 Å². The average molecular weight is 237 g/mol. The molecule has 96 valence electrons. The lowest BCUT2D eigenvalue weighted by atomic mass is 9.98. The van der Waals surface area contributed by atoms with Crippen molar-refractivity contribution < 1.29 is 9.47 Å². The number of aryl methyl sites for hydroxylation is 1. The van der Waals surface area contributed by atoms with E-state index in [4.69, 9.17) is 15.2 Å². The minimum absolute atomic E-state index is 0.0794. The first-order valence-corrected chi connectivity index (χ1v) is 6.04. The zero-order chi connectivity index (χ0) is 12.8. The lowest BCUT2D eigenvalue weighted by molar-refractivity contribution is 0.0860. The van der Waals surface area contributed by atoms with E-state index < -0.39 is 0 Å². The van der Waals surface area contributed by atoms with Crippen LogP contribution >= 0.6 is 0 Å². The van der Waals surface area contributed by atoms with E-state index in [1.165, 1.54) is 11.1 Å². The summed E-state index contributed by atoms with van der Waals surface area (Å²) >= 11 is 0. The van der Waals surface area contributed by atoms with Crippen molar-refractivity contribution in [2.45, 2.75) is 32.8 Å². The highest BCUT2D eigenvalue weighted by atomic mass is 16.5. The van der Waals surface area contributed by atoms with E-state index in [1.807, 2.05) is 6.07 Å². The second kappa shape index (κ2) is 6.62. The molecule has 0 amide bonds. The van der Waals surface area contributed by atoms with Crippen LogP contribution in [0.3, 0.4) is 0 Å². The fourth-order valence-electron chi connectivity index (χ4n) is 1.90. The maximum absolute atomic E-state index is 5.77. The molecule has 0 heterocycles. The van der Waals surface area contributed by atoms with Gasteiger partial charge in [0.15, 0.2) is 0 Å². The Bertz CT molecular complexity index is 350. The number of ether oxygens (including phenoxy) is 2. The summed E-state index contributed by atoms with van der Waals surface area (Å²) in [5, 5.41) is 0. The summed E-state index contributed by atoms with van der Waals surface area (Å²) in [6.07, 6.45) is -0.0794. The SMILES string of the molecule is COCC(CN)Oc1ccc(C(C)C)c(C)c1. The molecule has 0 fully saturated rings. The Labute approximate surface area is 104 Å². The van der Waals surface area contributed by atoms with Gasteiger partial charge in [0.05, 0.1) is 6.61 Å². The van der Waals surface area contributed by atoms with Crippen molar-refractivity contribution in [1.82, 2.24) is 0 Å². The van der Waals surface area contributed by atoms with Gasteiger partial charge < -0.3 is 15.2 Å². The van der Waals surface area contributed by atoms with Crippen LogP contribution in [0.15, 0.2) is 18.2 Å². The largest absolute Gasteiger partial charge is 0.487 e. The Hall–Kier alpha value is -1.06. The van der Waals surface area contributed by atoms with Crippen LogP contribution in [0.2, 0.25) is 0 Å². The lowest BCUT2D eigenvalue weighted by Gasteiger charge is -2.18. The molecule has 0 aliphatic heterocycles. The molecule has 0 aliphatic rings. The lowest BCUT2D eigenvalue weighted by Crippen LogP contribution is -2.31. The van der Waals surface area contributed by atoms with Crippen LogP contribution in [-0.4, -0.2) is 26.4 Å². The van der Waals surface area contributed by atoms with Gasteiger partial charge in [-0.05, 0) is 36.1 Å². The number of rotatable bonds is 6. The van der Waals surface area contributed by atoms with Crippen LogP contribution < -0.4 is 10.5 Å². The van der Waals surface area contributed by atoms with E-state index in [2.05, 4.69) is 32.9 Å². The maximum Gasteiger partial charge on any atom is 0.134 e. The van der Waals surface area contributed by atoms with Gasteiger partial charge in [0.2, 0.25) is 0 Å². The third-order valence-electron chi connectivity index (χ3n) is 2.78. The van der Waals surface area contributed by atoms with Crippen molar-refractivity contribution in [2.75, 3.05) is 20.3 Å². The molecule has 1 rings (SSSR count). The van der Waals surface area contributed by atoms with E-state index in [0.717, 1.165) is 5.75 Å². The van der Waals surface area contributed by atoms with Crippen LogP contribution in [-0.2, 0) is 4.74 Å². The summed E-state index contributed by atoms with van der Waals surface area (Å²) in [7, 11) is 1.65. The topological polar surface area (TPSA) is 44.5 Å². The Morgan fingerprint density at radius 2 is 2.00 bits per heavy atom. The van der Waals surface area contributed by atoms with Crippen LogP contribution in [0, 0.1) is 6.92 Å². The molecule has 17 heavy (non-hydrogen) atoms. The first-order chi connectivity index (χ1) is 8.08. The molecule has 3 heteroatoms. The monoisotopic (exact) mass is 237 g/mol. The van der Waals surface area contributed by atoms with E-state index in [9.17, 15) is 0 Å². The van der Waals surface area contributed by atoms with Gasteiger partial charge in [0.1, 0.15) is 11.9 Å². The van der Waals surface area contributed by atoms with Crippen molar-refractivity contribution in [1.29, 1.82) is 0 Å². The van der Waals surface area contributed by atoms with Crippen LogP contribution in [0.4, 0.5) is 0 Å². The highest BCUT2D eigenvalue weighted by Gasteiger charge is 2.10. The third kappa shape index (κ3) is 4.02. The smallest absolute Gasteiger partial charge is 0.134 e. The molecule has 0 saturated carbocycles. The van der Waals surface area contributed by atoms with Gasteiger partial charge in [-0.25, -0.2) is 0 Å². The molecular weight excluding hydrogens is 214 g/mol. The quantitative estimate of drug-likeness (QED) is 0.826. The van der Waals surface area contributed by atoms with E-state index >= 15 is 0 Å². The van der Waals surface area contributed by atoms with Gasteiger partial charge in [-0.3, -0.25) is 0 Å². The average Bonchev–Trinajstić information content (AvgIpc) is 2.28. The minimum atomic E-state index is -0.0794. The normalized spacial score (nSPS) is 12.8. The summed E-state index contributed by atoms with van der Waals surface area (Å²) in [5.41, 5.74) is 8.23. The van der Waals surface area contributed by atoms with Crippen LogP contribution in [0.25, 0.3) is 0 Å². The van der Waals surface area contributed by atoms with E-state index in [1.54, 1.807) is 7.11 Å². The third-order valence-corrected chi connectivity index (χ3v) is 2.78. The van der Waals surface area contributed by atoms with Gasteiger partial charge in [0.25, 0.3) is 0 Å². The van der Waals surface area contributed by atoms with Crippen molar-refractivity contribution in [3.8, 4) is 5.75 Å². The zero-order valence-corrected chi connectivity index (χ0v) is 11.2. The molecule has 0 aromatic heterocycles. The minimum Gasteiger partial charge on any atom is -0.487 e. The first kappa shape index (κ1) is 14.0. The van der Waals surface area contributed by atoms with E-state index in [0.29, 0.717) is 19.1 Å². The standard InChI is InChI=1S/C14H23NO2/c1-10(2)14-6-5-12(7-11(14)3)17-13(8-15)9-16-4/h5-7,10,13H,8-9,15H2,1-4H3. The number of benzene rings is 1. The van der Waals surface area contributed by atoms with Gasteiger partial charge in [-0.15, -0.1) is 0 Å². The second-order valence-corrected chi connectivity index (χ2v) is 4.60. The molecule has 0 aliphatic carbocycles. The first-order valence-electron chi connectivity index (χ1n) is 6.04. The van der Waals surface area contributed by atoms with Gasteiger partial charge in [-0.1, -0.05) is 19.9 Å². The van der Waals surface area contributed by atoms with Crippen molar-refractivity contribution in [2.24, 2.45) is 5.73 Å². The summed E-state index contributed by atoms with van der Waals surface area (Å²) < 4.78 is 10.8. The number of methoxy groups -OCH3 is 1. The maximum atomic E-state index is 5.77. The predicted octanol–water partition coefficient (Wildman–Crippen LogP) is 2.47. The Morgan fingerprint density at radius 1 is 1.29 bits per heavy atom. The number of nitrogens with two attached hydrogens (primary N) is 1. The van der Waals surface area contributed by atoms with Crippen molar-refractivity contribution in [3.05, 3.63) is 29.3 Å². The molecule has 1 unspecified atom stereocenters. The van der Waals surface area contributed by atoms with E-state index in [-0.39, 0.29) is 6.10 Å². The van der Waals surface area contributed by atoms with Crippen molar-refractivity contribution in [3.63, 3.8) is 0 Å². The molecule has 1 aromatic rings. The summed E-state index contributed by atoms with van der Waals surface area (Å²) in [5.74, 6) is 1.40. The summed E-state index contributed by atoms with van der Waals surface area (Å²) in [6.45, 7) is 7.46. The Kier molecular flexibility index (Phi) is 5.45. The Balaban J connectivity index is 2.76. The molecule has 0 radical (unpaired) electrons. The molecule has 0 spiro atoms. The molecule has 0 saturated heterocycles. The molecule has 2 N–H and O–H groups in total. The highest BCUT2D eigenvalue weighted by molar-refractivity contribution is 5.36. The number of hydrogen-bond donors (Lipinski definition) is 1. The molecule has 0 bridgehead atoms. The van der Waals surface area contributed by atoms with Crippen molar-refractivity contribution >= 4 is 0 Å². The predicted molar refractivity (Wildman–Crippen MR) is 70.6 cm³/mol. The fourth-order valence-corrected chi connectivity index (χ4v) is 1.90. The summed E-state index contributed by atoms with van der Waals surface area (Å²) in [4.78, 5) is 0.